The fourth-order valence-electron chi connectivity index (χ4n) is 3.24. The summed E-state index contributed by atoms with van der Waals surface area (Å²) in [6.07, 6.45) is 3.10. The number of carbonyl (C=O) groups excluding carboxylic acids is 1. The monoisotopic (exact) mass is 451 g/mol. The first-order valence-electron chi connectivity index (χ1n) is 10.3. The molecule has 0 unspecified atom stereocenters. The minimum absolute atomic E-state index is 0.0511. The van der Waals surface area contributed by atoms with E-state index in [4.69, 9.17) is 14.0 Å². The van der Waals surface area contributed by atoms with Gasteiger partial charge in [0.25, 0.3) is 5.91 Å². The van der Waals surface area contributed by atoms with Crippen molar-refractivity contribution in [3.63, 3.8) is 0 Å². The number of nitrogens with zero attached hydrogens (tertiary/aromatic N) is 2. The topological polar surface area (TPSA) is 117 Å². The molecular weight excluding hydrogens is 426 g/mol. The van der Waals surface area contributed by atoms with Crippen LogP contribution in [0.25, 0.3) is 12.2 Å². The predicted octanol–water partition coefficient (Wildman–Crippen LogP) is 5.21. The van der Waals surface area contributed by atoms with Gasteiger partial charge in [0.1, 0.15) is 0 Å². The smallest absolute Gasteiger partial charge is 0.338 e. The number of para-hydroxylation sites is 1. The maximum Gasteiger partial charge on any atom is 0.338 e. The molecule has 1 heterocycles. The molecule has 0 aliphatic rings. The second-order valence-electron chi connectivity index (χ2n) is 7.56. The molecule has 0 aliphatic heterocycles. The van der Waals surface area contributed by atoms with Gasteiger partial charge in [0.2, 0.25) is 5.76 Å². The van der Waals surface area contributed by atoms with Crippen molar-refractivity contribution < 1.29 is 23.7 Å². The van der Waals surface area contributed by atoms with E-state index in [1.807, 2.05) is 24.3 Å². The lowest BCUT2D eigenvalue weighted by molar-refractivity contribution is -0.386. The van der Waals surface area contributed by atoms with E-state index in [1.54, 1.807) is 24.3 Å². The molecule has 3 rings (SSSR count). The van der Waals surface area contributed by atoms with Gasteiger partial charge in [-0.05, 0) is 48.2 Å². The van der Waals surface area contributed by atoms with Crippen molar-refractivity contribution in [3.8, 4) is 11.5 Å². The minimum atomic E-state index is -0.534. The van der Waals surface area contributed by atoms with Gasteiger partial charge in [-0.25, -0.2) is 0 Å². The van der Waals surface area contributed by atoms with Crippen molar-refractivity contribution in [1.82, 2.24) is 5.16 Å². The van der Waals surface area contributed by atoms with Crippen LogP contribution in [0.5, 0.6) is 11.5 Å². The Morgan fingerprint density at radius 1 is 1.21 bits per heavy atom. The van der Waals surface area contributed by atoms with Gasteiger partial charge in [0.05, 0.1) is 12.0 Å². The molecule has 0 fully saturated rings. The second-order valence-corrected chi connectivity index (χ2v) is 7.56. The van der Waals surface area contributed by atoms with Gasteiger partial charge in [0.15, 0.2) is 23.8 Å². The molecule has 9 heteroatoms. The predicted molar refractivity (Wildman–Crippen MR) is 124 cm³/mol. The average Bonchev–Trinajstić information content (AvgIpc) is 3.17. The molecule has 2 aromatic carbocycles. The third-order valence-corrected chi connectivity index (χ3v) is 4.87. The minimum Gasteiger partial charge on any atom is -0.493 e. The Morgan fingerprint density at radius 2 is 1.97 bits per heavy atom. The van der Waals surface area contributed by atoms with Crippen LogP contribution in [0.15, 0.2) is 47.0 Å². The SMILES string of the molecule is COc1cc(C=Cc2onc(C)c2[N+](=O)[O-])ccc1OCC(=O)Nc1ccccc1C(C)C. The maximum absolute atomic E-state index is 12.4. The number of nitrogens with one attached hydrogen (secondary N) is 1. The van der Waals surface area contributed by atoms with Gasteiger partial charge >= 0.3 is 5.69 Å². The molecule has 3 aromatic rings. The molecule has 0 saturated heterocycles. The maximum atomic E-state index is 12.4. The van der Waals surface area contributed by atoms with Crippen LogP contribution < -0.4 is 14.8 Å². The third-order valence-electron chi connectivity index (χ3n) is 4.87. The van der Waals surface area contributed by atoms with Gasteiger partial charge in [-0.1, -0.05) is 49.3 Å². The Balaban J connectivity index is 1.68. The van der Waals surface area contributed by atoms with Gasteiger partial charge in [0, 0.05) is 5.69 Å². The number of anilines is 1. The van der Waals surface area contributed by atoms with Gasteiger partial charge in [-0.3, -0.25) is 14.9 Å². The van der Waals surface area contributed by atoms with E-state index >= 15 is 0 Å². The molecule has 172 valence electrons. The Kier molecular flexibility index (Phi) is 7.45. The molecule has 9 nitrogen and oxygen atoms in total. The normalized spacial score (nSPS) is 11.1. The summed E-state index contributed by atoms with van der Waals surface area (Å²) in [4.78, 5) is 23.0. The zero-order chi connectivity index (χ0) is 24.0. The van der Waals surface area contributed by atoms with E-state index < -0.39 is 4.92 Å². The number of aryl methyl sites for hydroxylation is 1. The lowest BCUT2D eigenvalue weighted by Gasteiger charge is -2.15. The molecule has 0 saturated carbocycles. The second kappa shape index (κ2) is 10.4. The summed E-state index contributed by atoms with van der Waals surface area (Å²) in [5.74, 6) is 0.835. The summed E-state index contributed by atoms with van der Waals surface area (Å²) in [6.45, 7) is 5.43. The average molecular weight is 451 g/mol. The summed E-state index contributed by atoms with van der Waals surface area (Å²) >= 11 is 0. The fraction of sp³-hybridized carbons (Fsp3) is 0.250. The van der Waals surface area contributed by atoms with E-state index in [0.29, 0.717) is 17.1 Å². The van der Waals surface area contributed by atoms with Crippen molar-refractivity contribution >= 4 is 29.4 Å². The summed E-state index contributed by atoms with van der Waals surface area (Å²) < 4.78 is 16.0. The number of rotatable bonds is 9. The Bertz CT molecular complexity index is 1180. The summed E-state index contributed by atoms with van der Waals surface area (Å²) in [6, 6.07) is 12.7. The molecule has 0 radical (unpaired) electrons. The quantitative estimate of drug-likeness (QED) is 0.350. The number of carbonyl (C=O) groups is 1. The highest BCUT2D eigenvalue weighted by atomic mass is 16.6. The fourth-order valence-corrected chi connectivity index (χ4v) is 3.24. The van der Waals surface area contributed by atoms with Crippen LogP contribution in [-0.2, 0) is 4.79 Å². The number of hydrogen-bond acceptors (Lipinski definition) is 7. The van der Waals surface area contributed by atoms with E-state index in [2.05, 4.69) is 24.3 Å². The molecule has 1 N–H and O–H groups in total. The first kappa shape index (κ1) is 23.5. The van der Waals surface area contributed by atoms with Crippen molar-refractivity contribution in [2.45, 2.75) is 26.7 Å². The molecule has 0 aliphatic carbocycles. The number of benzene rings is 2. The zero-order valence-electron chi connectivity index (χ0n) is 18.8. The number of nitro groups is 1. The highest BCUT2D eigenvalue weighted by molar-refractivity contribution is 5.92. The summed E-state index contributed by atoms with van der Waals surface area (Å²) in [5, 5.41) is 17.7. The van der Waals surface area contributed by atoms with Crippen molar-refractivity contribution in [2.75, 3.05) is 19.0 Å². The number of ether oxygens (including phenoxy) is 2. The molecule has 33 heavy (non-hydrogen) atoms. The van der Waals surface area contributed by atoms with Crippen molar-refractivity contribution in [2.24, 2.45) is 0 Å². The molecule has 0 atom stereocenters. The van der Waals surface area contributed by atoms with E-state index in [1.165, 1.54) is 20.1 Å². The van der Waals surface area contributed by atoms with Crippen LogP contribution in [0.1, 0.15) is 42.3 Å². The summed E-state index contributed by atoms with van der Waals surface area (Å²) in [7, 11) is 1.49. The molecule has 1 aromatic heterocycles. The first-order chi connectivity index (χ1) is 15.8. The molecule has 0 spiro atoms. The van der Waals surface area contributed by atoms with Crippen LogP contribution in [0.2, 0.25) is 0 Å². The van der Waals surface area contributed by atoms with Crippen LogP contribution >= 0.6 is 0 Å². The standard InChI is InChI=1S/C24H25N3O6/c1-15(2)18-7-5-6-8-19(18)25-23(28)14-32-20-11-9-17(13-22(20)31-4)10-12-21-24(27(29)30)16(3)26-33-21/h5-13,15H,14H2,1-4H3,(H,25,28). The Morgan fingerprint density at radius 3 is 2.67 bits per heavy atom. The van der Waals surface area contributed by atoms with Gasteiger partial charge < -0.3 is 19.3 Å². The van der Waals surface area contributed by atoms with E-state index in [0.717, 1.165) is 11.3 Å². The van der Waals surface area contributed by atoms with Crippen LogP contribution in [0, 0.1) is 17.0 Å². The first-order valence-corrected chi connectivity index (χ1v) is 10.3. The lowest BCUT2D eigenvalue weighted by Crippen LogP contribution is -2.21. The van der Waals surface area contributed by atoms with E-state index in [9.17, 15) is 14.9 Å². The van der Waals surface area contributed by atoms with Crippen molar-refractivity contribution in [1.29, 1.82) is 0 Å². The number of hydrogen-bond donors (Lipinski definition) is 1. The van der Waals surface area contributed by atoms with Crippen molar-refractivity contribution in [3.05, 3.63) is 75.2 Å². The number of aromatic nitrogens is 1. The van der Waals surface area contributed by atoms with Crippen LogP contribution in [0.3, 0.4) is 0 Å². The third kappa shape index (κ3) is 5.76. The lowest BCUT2D eigenvalue weighted by atomic mass is 10.0. The molecular formula is C24H25N3O6. The number of amides is 1. The number of methoxy groups -OCH3 is 1. The Labute approximate surface area is 191 Å². The highest BCUT2D eigenvalue weighted by Gasteiger charge is 2.22. The largest absolute Gasteiger partial charge is 0.493 e. The molecule has 0 bridgehead atoms. The highest BCUT2D eigenvalue weighted by Crippen LogP contribution is 2.30. The summed E-state index contributed by atoms with van der Waals surface area (Å²) in [5.41, 5.74) is 2.52. The van der Waals surface area contributed by atoms with Gasteiger partial charge in [-0.2, -0.15) is 0 Å². The Hall–Kier alpha value is -4.14. The molecule has 1 amide bonds. The zero-order valence-corrected chi connectivity index (χ0v) is 18.8. The van der Waals surface area contributed by atoms with Crippen LogP contribution in [0.4, 0.5) is 11.4 Å². The van der Waals surface area contributed by atoms with E-state index in [-0.39, 0.29) is 35.6 Å². The van der Waals surface area contributed by atoms with Crippen LogP contribution in [-0.4, -0.2) is 29.7 Å². The van der Waals surface area contributed by atoms with Gasteiger partial charge in [-0.15, -0.1) is 0 Å².